The fourth-order valence-electron chi connectivity index (χ4n) is 4.81. The average Bonchev–Trinajstić information content (AvgIpc) is 2.83. The largest absolute Gasteiger partial charge is 0.358 e. The predicted molar refractivity (Wildman–Crippen MR) is 139 cm³/mol. The number of carbonyl (C=O) groups is 3. The van der Waals surface area contributed by atoms with E-state index in [0.717, 1.165) is 44.2 Å². The van der Waals surface area contributed by atoms with E-state index in [2.05, 4.69) is 15.5 Å². The minimum absolute atomic E-state index is 0.183. The molecule has 192 valence electrons. The molecule has 0 aliphatic carbocycles. The number of hydrogen-bond acceptors (Lipinski definition) is 4. The Labute approximate surface area is 212 Å². The van der Waals surface area contributed by atoms with Crippen LogP contribution in [0.15, 0.2) is 42.5 Å². The van der Waals surface area contributed by atoms with Crippen LogP contribution >= 0.6 is 0 Å². The molecule has 36 heavy (non-hydrogen) atoms. The van der Waals surface area contributed by atoms with Gasteiger partial charge in [-0.3, -0.25) is 15.0 Å². The molecule has 0 saturated carbocycles. The number of piperidine rings is 1. The molecule has 1 saturated heterocycles. The van der Waals surface area contributed by atoms with Crippen molar-refractivity contribution in [2.24, 2.45) is 5.92 Å². The highest BCUT2D eigenvalue weighted by Crippen LogP contribution is 2.29. The molecule has 2 atom stereocenters. The first-order valence-corrected chi connectivity index (χ1v) is 12.4. The van der Waals surface area contributed by atoms with Gasteiger partial charge >= 0.3 is 6.03 Å². The van der Waals surface area contributed by atoms with E-state index in [1.807, 2.05) is 19.1 Å². The summed E-state index contributed by atoms with van der Waals surface area (Å²) in [6, 6.07) is 11.1. The standard InChI is InChI=1S/C28H35FN4O3/c1-18(34)23-15-24(19(2)35)17-26(16-23)32-28(36)31-11-4-5-27-14-22(10-12-33(27)20(3)30)13-21-6-8-25(29)9-7-21/h6-9,15-17,22,27,30H,4-5,10-14H2,1-3H3,(H2,31,32,36)/t22-,27-/m0/s1. The van der Waals surface area contributed by atoms with Crippen molar-refractivity contribution in [3.8, 4) is 0 Å². The number of benzene rings is 2. The van der Waals surface area contributed by atoms with Gasteiger partial charge in [-0.25, -0.2) is 9.18 Å². The van der Waals surface area contributed by atoms with Gasteiger partial charge in [0.1, 0.15) is 5.82 Å². The van der Waals surface area contributed by atoms with E-state index >= 15 is 0 Å². The van der Waals surface area contributed by atoms with Crippen LogP contribution < -0.4 is 10.6 Å². The van der Waals surface area contributed by atoms with E-state index in [1.165, 1.54) is 32.0 Å². The molecule has 2 amide bonds. The van der Waals surface area contributed by atoms with Gasteiger partial charge in [-0.05, 0) is 94.7 Å². The van der Waals surface area contributed by atoms with Crippen LogP contribution in [0.2, 0.25) is 0 Å². The quantitative estimate of drug-likeness (QED) is 0.187. The highest BCUT2D eigenvalue weighted by Gasteiger charge is 2.28. The van der Waals surface area contributed by atoms with Gasteiger partial charge in [0.05, 0.1) is 5.84 Å². The molecule has 3 rings (SSSR count). The average molecular weight is 495 g/mol. The third kappa shape index (κ3) is 7.73. The van der Waals surface area contributed by atoms with Crippen molar-refractivity contribution in [2.45, 2.75) is 58.9 Å². The molecule has 0 unspecified atom stereocenters. The van der Waals surface area contributed by atoms with Crippen LogP contribution in [0, 0.1) is 17.1 Å². The Bertz CT molecular complexity index is 1080. The number of amides is 2. The predicted octanol–water partition coefficient (Wildman–Crippen LogP) is 5.45. The summed E-state index contributed by atoms with van der Waals surface area (Å²) in [6.07, 6.45) is 4.42. The lowest BCUT2D eigenvalue weighted by molar-refractivity contribution is 0.101. The molecular weight excluding hydrogens is 459 g/mol. The van der Waals surface area contributed by atoms with E-state index in [4.69, 9.17) is 5.41 Å². The molecule has 0 spiro atoms. The van der Waals surface area contributed by atoms with E-state index in [1.54, 1.807) is 12.1 Å². The van der Waals surface area contributed by atoms with Gasteiger partial charge in [0.15, 0.2) is 11.6 Å². The SMILES string of the molecule is CC(=N)N1CC[C@@H](Cc2ccc(F)cc2)C[C@@H]1CCCNC(=O)Nc1cc(C(C)=O)cc(C(C)=O)c1. The van der Waals surface area contributed by atoms with Crippen molar-refractivity contribution in [3.05, 3.63) is 65.0 Å². The monoisotopic (exact) mass is 494 g/mol. The van der Waals surface area contributed by atoms with E-state index in [0.29, 0.717) is 35.1 Å². The number of amidine groups is 1. The van der Waals surface area contributed by atoms with Crippen molar-refractivity contribution < 1.29 is 18.8 Å². The fraction of sp³-hybridized carbons (Fsp3) is 0.429. The first-order chi connectivity index (χ1) is 17.1. The van der Waals surface area contributed by atoms with Gasteiger partial charge < -0.3 is 15.5 Å². The van der Waals surface area contributed by atoms with Gasteiger partial charge in [0.2, 0.25) is 0 Å². The highest BCUT2D eigenvalue weighted by molar-refractivity contribution is 6.02. The summed E-state index contributed by atoms with van der Waals surface area (Å²) in [5, 5.41) is 13.7. The number of anilines is 1. The van der Waals surface area contributed by atoms with Gasteiger partial charge in [0.25, 0.3) is 0 Å². The van der Waals surface area contributed by atoms with Gasteiger partial charge in [-0.15, -0.1) is 0 Å². The second-order valence-electron chi connectivity index (χ2n) is 9.59. The number of hydrogen-bond donors (Lipinski definition) is 3. The summed E-state index contributed by atoms with van der Waals surface area (Å²) in [6.45, 7) is 5.92. The number of nitrogens with zero attached hydrogens (tertiary/aromatic N) is 1. The van der Waals surface area contributed by atoms with E-state index in [-0.39, 0.29) is 23.4 Å². The molecule has 0 bridgehead atoms. The number of likely N-dealkylation sites (tertiary alicyclic amines) is 1. The van der Waals surface area contributed by atoms with Gasteiger partial charge in [-0.1, -0.05) is 12.1 Å². The van der Waals surface area contributed by atoms with Crippen LogP contribution in [0.25, 0.3) is 0 Å². The Hall–Kier alpha value is -3.55. The zero-order chi connectivity index (χ0) is 26.2. The molecule has 1 aliphatic rings. The Morgan fingerprint density at radius 1 is 1.03 bits per heavy atom. The van der Waals surface area contributed by atoms with E-state index < -0.39 is 6.03 Å². The lowest BCUT2D eigenvalue weighted by atomic mass is 9.84. The molecule has 0 aromatic heterocycles. The van der Waals surface area contributed by atoms with E-state index in [9.17, 15) is 18.8 Å². The molecule has 1 aliphatic heterocycles. The zero-order valence-corrected chi connectivity index (χ0v) is 21.2. The number of halogens is 1. The van der Waals surface area contributed by atoms with Crippen molar-refractivity contribution in [3.63, 3.8) is 0 Å². The lowest BCUT2D eigenvalue weighted by Crippen LogP contribution is -2.45. The number of ketones is 2. The molecular formula is C28H35FN4O3. The molecule has 3 N–H and O–H groups in total. The first-order valence-electron chi connectivity index (χ1n) is 12.4. The van der Waals surface area contributed by atoms with Crippen LogP contribution in [0.3, 0.4) is 0 Å². The smallest absolute Gasteiger partial charge is 0.319 e. The molecule has 1 heterocycles. The number of nitrogens with one attached hydrogen (secondary N) is 3. The third-order valence-corrected chi connectivity index (χ3v) is 6.70. The molecule has 0 radical (unpaired) electrons. The minimum Gasteiger partial charge on any atom is -0.358 e. The Morgan fingerprint density at radius 3 is 2.25 bits per heavy atom. The minimum atomic E-state index is -0.400. The van der Waals surface area contributed by atoms with Crippen LogP contribution in [0.4, 0.5) is 14.9 Å². The van der Waals surface area contributed by atoms with Crippen molar-refractivity contribution >= 4 is 29.1 Å². The maximum atomic E-state index is 13.2. The third-order valence-electron chi connectivity index (χ3n) is 6.70. The second-order valence-corrected chi connectivity index (χ2v) is 9.59. The Morgan fingerprint density at radius 2 is 1.67 bits per heavy atom. The lowest BCUT2D eigenvalue weighted by Gasteiger charge is -2.40. The first kappa shape index (κ1) is 27.0. The zero-order valence-electron chi connectivity index (χ0n) is 21.2. The van der Waals surface area contributed by atoms with Crippen LogP contribution in [-0.4, -0.2) is 47.5 Å². The summed E-state index contributed by atoms with van der Waals surface area (Å²) >= 11 is 0. The molecule has 1 fully saturated rings. The highest BCUT2D eigenvalue weighted by atomic mass is 19.1. The van der Waals surface area contributed by atoms with Crippen molar-refractivity contribution in [2.75, 3.05) is 18.4 Å². The molecule has 2 aromatic carbocycles. The maximum absolute atomic E-state index is 13.2. The summed E-state index contributed by atoms with van der Waals surface area (Å²) in [7, 11) is 0. The van der Waals surface area contributed by atoms with Crippen molar-refractivity contribution in [1.29, 1.82) is 5.41 Å². The van der Waals surface area contributed by atoms with Crippen LogP contribution in [0.1, 0.15) is 72.7 Å². The molecule has 8 heteroatoms. The number of rotatable bonds is 9. The summed E-state index contributed by atoms with van der Waals surface area (Å²) in [5.74, 6) is 0.429. The van der Waals surface area contributed by atoms with Crippen LogP contribution in [0.5, 0.6) is 0 Å². The summed E-state index contributed by atoms with van der Waals surface area (Å²) in [4.78, 5) is 38.1. The summed E-state index contributed by atoms with van der Waals surface area (Å²) < 4.78 is 13.2. The molecule has 2 aromatic rings. The van der Waals surface area contributed by atoms with Crippen LogP contribution in [-0.2, 0) is 6.42 Å². The Balaban J connectivity index is 1.51. The summed E-state index contributed by atoms with van der Waals surface area (Å²) in [5.41, 5.74) is 2.26. The number of carbonyl (C=O) groups excluding carboxylic acids is 3. The normalized spacial score (nSPS) is 17.4. The molecule has 7 nitrogen and oxygen atoms in total. The van der Waals surface area contributed by atoms with Gasteiger partial charge in [-0.2, -0.15) is 0 Å². The maximum Gasteiger partial charge on any atom is 0.319 e. The number of Topliss-reactive ketones (excluding diaryl/α,β-unsaturated/α-hetero) is 2. The fourth-order valence-corrected chi connectivity index (χ4v) is 4.81. The number of urea groups is 1. The second kappa shape index (κ2) is 12.4. The topological polar surface area (TPSA) is 102 Å². The Kier molecular flexibility index (Phi) is 9.33. The van der Waals surface area contributed by atoms with Gasteiger partial charge in [0, 0.05) is 35.9 Å². The van der Waals surface area contributed by atoms with Crippen molar-refractivity contribution in [1.82, 2.24) is 10.2 Å².